The molecule has 1 aromatic heterocycles. The van der Waals surface area contributed by atoms with E-state index in [1.165, 1.54) is 22.3 Å². The standard InChI is InChI=1S/C15H21N3/c1-4-7-16-9-14-10-17-18-15(14)13-6-5-11(2)12(3)8-13/h5-6,8,10,16H,4,7,9H2,1-3H3,(H,17,18). The minimum absolute atomic E-state index is 0.868. The number of rotatable bonds is 5. The zero-order valence-corrected chi connectivity index (χ0v) is 11.4. The Kier molecular flexibility index (Phi) is 4.15. The lowest BCUT2D eigenvalue weighted by atomic mass is 10.0. The van der Waals surface area contributed by atoms with Crippen molar-refractivity contribution in [3.8, 4) is 11.3 Å². The first-order valence-electron chi connectivity index (χ1n) is 6.53. The summed E-state index contributed by atoms with van der Waals surface area (Å²) in [6, 6.07) is 6.53. The molecule has 1 heterocycles. The second kappa shape index (κ2) is 5.83. The molecule has 96 valence electrons. The van der Waals surface area contributed by atoms with Gasteiger partial charge in [0.25, 0.3) is 0 Å². The Bertz CT molecular complexity index is 514. The Labute approximate surface area is 109 Å². The van der Waals surface area contributed by atoms with Crippen molar-refractivity contribution in [2.45, 2.75) is 33.7 Å². The van der Waals surface area contributed by atoms with E-state index in [1.54, 1.807) is 0 Å². The van der Waals surface area contributed by atoms with Gasteiger partial charge < -0.3 is 5.32 Å². The van der Waals surface area contributed by atoms with Crippen LogP contribution in [0.25, 0.3) is 11.3 Å². The molecular weight excluding hydrogens is 222 g/mol. The highest BCUT2D eigenvalue weighted by molar-refractivity contribution is 5.64. The van der Waals surface area contributed by atoms with E-state index in [0.717, 1.165) is 25.2 Å². The maximum Gasteiger partial charge on any atom is 0.0695 e. The maximum absolute atomic E-state index is 4.16. The molecule has 2 aromatic rings. The van der Waals surface area contributed by atoms with E-state index in [1.807, 2.05) is 6.20 Å². The van der Waals surface area contributed by atoms with Gasteiger partial charge in [-0.25, -0.2) is 0 Å². The average Bonchev–Trinajstić information content (AvgIpc) is 2.81. The normalized spacial score (nSPS) is 10.8. The number of benzene rings is 1. The largest absolute Gasteiger partial charge is 0.313 e. The third kappa shape index (κ3) is 2.79. The molecule has 0 aliphatic rings. The first-order valence-corrected chi connectivity index (χ1v) is 6.53. The van der Waals surface area contributed by atoms with Crippen LogP contribution in [0, 0.1) is 13.8 Å². The Balaban J connectivity index is 2.22. The van der Waals surface area contributed by atoms with E-state index < -0.39 is 0 Å². The summed E-state index contributed by atoms with van der Waals surface area (Å²) in [5, 5.41) is 10.7. The summed E-state index contributed by atoms with van der Waals surface area (Å²) in [4.78, 5) is 0. The van der Waals surface area contributed by atoms with Crippen LogP contribution in [-0.4, -0.2) is 16.7 Å². The van der Waals surface area contributed by atoms with E-state index in [9.17, 15) is 0 Å². The van der Waals surface area contributed by atoms with Crippen molar-refractivity contribution in [2.75, 3.05) is 6.54 Å². The topological polar surface area (TPSA) is 40.7 Å². The summed E-state index contributed by atoms with van der Waals surface area (Å²) in [6.07, 6.45) is 3.06. The summed E-state index contributed by atoms with van der Waals surface area (Å²) in [5.74, 6) is 0. The predicted octanol–water partition coefficient (Wildman–Crippen LogP) is 3.19. The smallest absolute Gasteiger partial charge is 0.0695 e. The molecular formula is C15H21N3. The number of nitrogens with one attached hydrogen (secondary N) is 2. The molecule has 0 saturated heterocycles. The van der Waals surface area contributed by atoms with E-state index >= 15 is 0 Å². The van der Waals surface area contributed by atoms with Crippen LogP contribution in [0.2, 0.25) is 0 Å². The molecule has 2 rings (SSSR count). The van der Waals surface area contributed by atoms with Gasteiger partial charge in [0.2, 0.25) is 0 Å². The third-order valence-corrected chi connectivity index (χ3v) is 3.26. The second-order valence-electron chi connectivity index (χ2n) is 4.75. The van der Waals surface area contributed by atoms with Gasteiger partial charge in [-0.05, 0) is 44.0 Å². The Morgan fingerprint density at radius 1 is 1.22 bits per heavy atom. The molecule has 0 unspecified atom stereocenters. The molecule has 0 aliphatic heterocycles. The lowest BCUT2D eigenvalue weighted by Crippen LogP contribution is -2.13. The molecule has 0 radical (unpaired) electrons. The highest BCUT2D eigenvalue weighted by atomic mass is 15.1. The molecule has 0 spiro atoms. The fraction of sp³-hybridized carbons (Fsp3) is 0.400. The van der Waals surface area contributed by atoms with Crippen LogP contribution in [0.4, 0.5) is 0 Å². The number of hydrogen-bond donors (Lipinski definition) is 2. The molecule has 0 fully saturated rings. The summed E-state index contributed by atoms with van der Waals surface area (Å²) < 4.78 is 0. The number of nitrogens with zero attached hydrogens (tertiary/aromatic N) is 1. The van der Waals surface area contributed by atoms with Crippen molar-refractivity contribution in [1.82, 2.24) is 15.5 Å². The number of H-pyrrole nitrogens is 1. The van der Waals surface area contributed by atoms with Crippen molar-refractivity contribution in [1.29, 1.82) is 0 Å². The van der Waals surface area contributed by atoms with E-state index in [-0.39, 0.29) is 0 Å². The molecule has 0 aliphatic carbocycles. The van der Waals surface area contributed by atoms with E-state index in [2.05, 4.69) is 54.5 Å². The number of aryl methyl sites for hydroxylation is 2. The van der Waals surface area contributed by atoms with Crippen molar-refractivity contribution < 1.29 is 0 Å². The highest BCUT2D eigenvalue weighted by Crippen LogP contribution is 2.23. The van der Waals surface area contributed by atoms with Crippen LogP contribution in [-0.2, 0) is 6.54 Å². The van der Waals surface area contributed by atoms with Gasteiger partial charge in [0.1, 0.15) is 0 Å². The van der Waals surface area contributed by atoms with Crippen molar-refractivity contribution in [3.63, 3.8) is 0 Å². The monoisotopic (exact) mass is 243 g/mol. The van der Waals surface area contributed by atoms with Gasteiger partial charge in [-0.1, -0.05) is 19.1 Å². The van der Waals surface area contributed by atoms with Gasteiger partial charge >= 0.3 is 0 Å². The third-order valence-electron chi connectivity index (χ3n) is 3.26. The zero-order valence-electron chi connectivity index (χ0n) is 11.4. The minimum Gasteiger partial charge on any atom is -0.313 e. The lowest BCUT2D eigenvalue weighted by molar-refractivity contribution is 0.676. The van der Waals surface area contributed by atoms with Gasteiger partial charge in [-0.2, -0.15) is 5.10 Å². The summed E-state index contributed by atoms with van der Waals surface area (Å²) in [7, 11) is 0. The fourth-order valence-corrected chi connectivity index (χ4v) is 1.99. The van der Waals surface area contributed by atoms with Crippen LogP contribution >= 0.6 is 0 Å². The Hall–Kier alpha value is -1.61. The van der Waals surface area contributed by atoms with Crippen molar-refractivity contribution in [2.24, 2.45) is 0 Å². The van der Waals surface area contributed by atoms with Gasteiger partial charge in [-0.15, -0.1) is 0 Å². The summed E-state index contributed by atoms with van der Waals surface area (Å²) in [5.41, 5.74) is 6.20. The van der Waals surface area contributed by atoms with E-state index in [4.69, 9.17) is 0 Å². The van der Waals surface area contributed by atoms with Crippen LogP contribution in [0.1, 0.15) is 30.0 Å². The SMILES string of the molecule is CCCNCc1cn[nH]c1-c1ccc(C)c(C)c1. The Morgan fingerprint density at radius 3 is 2.78 bits per heavy atom. The van der Waals surface area contributed by atoms with Gasteiger partial charge in [0, 0.05) is 17.7 Å². The molecule has 0 amide bonds. The Morgan fingerprint density at radius 2 is 2.06 bits per heavy atom. The molecule has 3 nitrogen and oxygen atoms in total. The predicted molar refractivity (Wildman–Crippen MR) is 75.5 cm³/mol. The molecule has 0 saturated carbocycles. The molecule has 0 bridgehead atoms. The highest BCUT2D eigenvalue weighted by Gasteiger charge is 2.07. The van der Waals surface area contributed by atoms with Crippen LogP contribution in [0.3, 0.4) is 0 Å². The minimum atomic E-state index is 0.868. The van der Waals surface area contributed by atoms with Crippen LogP contribution in [0.15, 0.2) is 24.4 Å². The average molecular weight is 243 g/mol. The molecule has 2 N–H and O–H groups in total. The molecule has 1 aromatic carbocycles. The second-order valence-corrected chi connectivity index (χ2v) is 4.75. The van der Waals surface area contributed by atoms with Crippen molar-refractivity contribution >= 4 is 0 Å². The first-order chi connectivity index (χ1) is 8.72. The molecule has 0 atom stereocenters. The molecule has 3 heteroatoms. The first kappa shape index (κ1) is 12.8. The van der Waals surface area contributed by atoms with Gasteiger partial charge in [-0.3, -0.25) is 5.10 Å². The number of aromatic amines is 1. The maximum atomic E-state index is 4.16. The number of hydrogen-bond acceptors (Lipinski definition) is 2. The summed E-state index contributed by atoms with van der Waals surface area (Å²) in [6.45, 7) is 8.36. The quantitative estimate of drug-likeness (QED) is 0.792. The van der Waals surface area contributed by atoms with Gasteiger partial charge in [0.15, 0.2) is 0 Å². The molecule has 18 heavy (non-hydrogen) atoms. The number of aromatic nitrogens is 2. The van der Waals surface area contributed by atoms with Crippen LogP contribution < -0.4 is 5.32 Å². The van der Waals surface area contributed by atoms with Crippen LogP contribution in [0.5, 0.6) is 0 Å². The van der Waals surface area contributed by atoms with E-state index in [0.29, 0.717) is 0 Å². The fourth-order valence-electron chi connectivity index (χ4n) is 1.99. The summed E-state index contributed by atoms with van der Waals surface area (Å²) >= 11 is 0. The zero-order chi connectivity index (χ0) is 13.0. The lowest BCUT2D eigenvalue weighted by Gasteiger charge is -2.07. The van der Waals surface area contributed by atoms with Crippen molar-refractivity contribution in [3.05, 3.63) is 41.1 Å². The van der Waals surface area contributed by atoms with Gasteiger partial charge in [0.05, 0.1) is 11.9 Å².